The molecular formula is C22H20O5. The number of allylic oxidation sites excluding steroid dienone is 4. The number of benzene rings is 2. The number of aliphatic hydroxyl groups is 2. The van der Waals surface area contributed by atoms with Crippen LogP contribution in [0.25, 0.3) is 11.1 Å². The number of Topliss-reactive ketones (excluding diaryl/α,β-unsaturated/α-hetero) is 1. The van der Waals surface area contributed by atoms with Crippen LogP contribution in [-0.2, 0) is 0 Å². The number of fused-ring (bicyclic) bond motifs is 1. The Bertz CT molecular complexity index is 949. The number of hydrogen-bond acceptors (Lipinski definition) is 5. The van der Waals surface area contributed by atoms with Crippen LogP contribution in [0.4, 0.5) is 0 Å². The average molecular weight is 364 g/mol. The highest BCUT2D eigenvalue weighted by Crippen LogP contribution is 2.38. The second-order valence-electron chi connectivity index (χ2n) is 6.99. The third kappa shape index (κ3) is 3.16. The van der Waals surface area contributed by atoms with Gasteiger partial charge in [0, 0.05) is 0 Å². The van der Waals surface area contributed by atoms with Crippen molar-refractivity contribution in [1.82, 2.24) is 0 Å². The number of rotatable bonds is 4. The maximum Gasteiger partial charge on any atom is 0.170 e. The Balaban J connectivity index is 1.62. The van der Waals surface area contributed by atoms with Gasteiger partial charge in [-0.05, 0) is 53.0 Å². The second-order valence-corrected chi connectivity index (χ2v) is 6.99. The van der Waals surface area contributed by atoms with E-state index in [1.165, 1.54) is 0 Å². The number of phenolic OH excluding ortho intramolecular Hbond substituents is 1. The highest BCUT2D eigenvalue weighted by atomic mass is 16.5. The van der Waals surface area contributed by atoms with Gasteiger partial charge in [-0.3, -0.25) is 4.79 Å². The lowest BCUT2D eigenvalue weighted by molar-refractivity contribution is -0.0403. The SMILES string of the molecule is O=C1CC(CO)(CO)Oc2ccc(C3=CC(c4ccc(O)cc4)=CC3)cc21. The Hall–Kier alpha value is -2.89. The Morgan fingerprint density at radius 1 is 1.00 bits per heavy atom. The summed E-state index contributed by atoms with van der Waals surface area (Å²) < 4.78 is 5.73. The predicted octanol–water partition coefficient (Wildman–Crippen LogP) is 2.95. The van der Waals surface area contributed by atoms with E-state index in [1.54, 1.807) is 18.2 Å². The fourth-order valence-electron chi connectivity index (χ4n) is 3.50. The average Bonchev–Trinajstić information content (AvgIpc) is 3.18. The molecule has 1 aliphatic heterocycles. The molecule has 138 valence electrons. The molecule has 3 N–H and O–H groups in total. The molecule has 0 saturated heterocycles. The normalized spacial score (nSPS) is 17.8. The zero-order valence-corrected chi connectivity index (χ0v) is 14.7. The molecule has 2 aliphatic rings. The molecule has 0 amide bonds. The van der Waals surface area contributed by atoms with Crippen molar-refractivity contribution in [2.24, 2.45) is 0 Å². The highest BCUT2D eigenvalue weighted by molar-refractivity contribution is 6.01. The van der Waals surface area contributed by atoms with Crippen LogP contribution >= 0.6 is 0 Å². The molecule has 0 bridgehead atoms. The van der Waals surface area contributed by atoms with E-state index in [4.69, 9.17) is 4.74 Å². The molecular weight excluding hydrogens is 344 g/mol. The molecule has 1 heterocycles. The monoisotopic (exact) mass is 364 g/mol. The minimum Gasteiger partial charge on any atom is -0.508 e. The number of hydrogen-bond donors (Lipinski definition) is 3. The third-order valence-electron chi connectivity index (χ3n) is 5.11. The zero-order chi connectivity index (χ0) is 19.0. The van der Waals surface area contributed by atoms with Crippen molar-refractivity contribution < 1.29 is 24.9 Å². The first-order chi connectivity index (χ1) is 13.0. The molecule has 0 atom stereocenters. The molecule has 0 saturated carbocycles. The van der Waals surface area contributed by atoms with Crippen LogP contribution in [0.15, 0.2) is 54.6 Å². The molecule has 0 radical (unpaired) electrons. The fourth-order valence-corrected chi connectivity index (χ4v) is 3.50. The first kappa shape index (κ1) is 17.5. The number of ketones is 1. The number of phenols is 1. The molecule has 2 aromatic rings. The van der Waals surface area contributed by atoms with Gasteiger partial charge in [0.25, 0.3) is 0 Å². The lowest BCUT2D eigenvalue weighted by Gasteiger charge is -2.35. The van der Waals surface area contributed by atoms with Crippen molar-refractivity contribution in [3.8, 4) is 11.5 Å². The van der Waals surface area contributed by atoms with Crippen LogP contribution in [0.1, 0.15) is 34.3 Å². The van der Waals surface area contributed by atoms with Crippen molar-refractivity contribution in [1.29, 1.82) is 0 Å². The first-order valence-electron chi connectivity index (χ1n) is 8.82. The summed E-state index contributed by atoms with van der Waals surface area (Å²) in [6, 6.07) is 12.5. The van der Waals surface area contributed by atoms with Crippen molar-refractivity contribution in [3.63, 3.8) is 0 Å². The summed E-state index contributed by atoms with van der Waals surface area (Å²) in [5, 5.41) is 28.4. The van der Waals surface area contributed by atoms with E-state index in [2.05, 4.69) is 12.2 Å². The topological polar surface area (TPSA) is 87.0 Å². The minimum absolute atomic E-state index is 0.0491. The van der Waals surface area contributed by atoms with E-state index < -0.39 is 18.8 Å². The predicted molar refractivity (Wildman–Crippen MR) is 102 cm³/mol. The summed E-state index contributed by atoms with van der Waals surface area (Å²) in [5.74, 6) is 0.478. The molecule has 0 fully saturated rings. The summed E-state index contributed by atoms with van der Waals surface area (Å²) >= 11 is 0. The van der Waals surface area contributed by atoms with Gasteiger partial charge in [0.2, 0.25) is 0 Å². The van der Waals surface area contributed by atoms with Gasteiger partial charge in [0.1, 0.15) is 11.5 Å². The van der Waals surface area contributed by atoms with Crippen molar-refractivity contribution in [2.45, 2.75) is 18.4 Å². The van der Waals surface area contributed by atoms with E-state index in [0.717, 1.165) is 28.7 Å². The maximum absolute atomic E-state index is 12.5. The number of aliphatic hydroxyl groups excluding tert-OH is 2. The number of carbonyl (C=O) groups is 1. The number of carbonyl (C=O) groups excluding carboxylic acids is 1. The molecule has 1 aliphatic carbocycles. The maximum atomic E-state index is 12.5. The lowest BCUT2D eigenvalue weighted by Crippen LogP contribution is -2.48. The second kappa shape index (κ2) is 6.68. The van der Waals surface area contributed by atoms with E-state index in [-0.39, 0.29) is 18.0 Å². The molecule has 2 aromatic carbocycles. The highest BCUT2D eigenvalue weighted by Gasteiger charge is 2.40. The third-order valence-corrected chi connectivity index (χ3v) is 5.11. The van der Waals surface area contributed by atoms with Crippen LogP contribution in [0.2, 0.25) is 0 Å². The van der Waals surface area contributed by atoms with Gasteiger partial charge in [0.15, 0.2) is 11.4 Å². The Kier molecular flexibility index (Phi) is 4.34. The molecule has 5 heteroatoms. The number of aromatic hydroxyl groups is 1. The summed E-state index contributed by atoms with van der Waals surface area (Å²) in [5.41, 5.74) is 3.36. The van der Waals surface area contributed by atoms with E-state index in [9.17, 15) is 20.1 Å². The van der Waals surface area contributed by atoms with Crippen LogP contribution < -0.4 is 4.74 Å². The molecule has 5 nitrogen and oxygen atoms in total. The van der Waals surface area contributed by atoms with Gasteiger partial charge in [-0.1, -0.05) is 30.4 Å². The summed E-state index contributed by atoms with van der Waals surface area (Å²) in [6.45, 7) is -0.830. The quantitative estimate of drug-likeness (QED) is 0.776. The minimum atomic E-state index is -1.24. The Morgan fingerprint density at radius 2 is 1.70 bits per heavy atom. The molecule has 0 spiro atoms. The van der Waals surface area contributed by atoms with Crippen molar-refractivity contribution >= 4 is 16.9 Å². The number of ether oxygens (including phenoxy) is 1. The summed E-state index contributed by atoms with van der Waals surface area (Å²) in [4.78, 5) is 12.5. The Labute approximate surface area is 156 Å². The molecule has 0 unspecified atom stereocenters. The van der Waals surface area contributed by atoms with Crippen molar-refractivity contribution in [3.05, 3.63) is 71.3 Å². The lowest BCUT2D eigenvalue weighted by atomic mass is 9.89. The standard InChI is InChI=1S/C22H20O5/c23-12-22(13-24)11-20(26)19-10-17(5-8-21(19)27-22)16-2-1-15(9-16)14-3-6-18(25)7-4-14/h1,3-10,23-25H,2,11-13H2. The van der Waals surface area contributed by atoms with Crippen molar-refractivity contribution in [2.75, 3.05) is 13.2 Å². The van der Waals surface area contributed by atoms with Gasteiger partial charge in [-0.2, -0.15) is 0 Å². The Morgan fingerprint density at radius 3 is 2.41 bits per heavy atom. The fraction of sp³-hybridized carbons (Fsp3) is 0.227. The van der Waals surface area contributed by atoms with E-state index >= 15 is 0 Å². The molecule has 27 heavy (non-hydrogen) atoms. The van der Waals surface area contributed by atoms with Gasteiger partial charge < -0.3 is 20.1 Å². The van der Waals surface area contributed by atoms with Crippen LogP contribution in [0.5, 0.6) is 11.5 Å². The van der Waals surface area contributed by atoms with Gasteiger partial charge in [-0.15, -0.1) is 0 Å². The van der Waals surface area contributed by atoms with Gasteiger partial charge in [-0.25, -0.2) is 0 Å². The smallest absolute Gasteiger partial charge is 0.170 e. The molecule has 0 aromatic heterocycles. The van der Waals surface area contributed by atoms with Crippen LogP contribution in [-0.4, -0.2) is 39.9 Å². The van der Waals surface area contributed by atoms with E-state index in [0.29, 0.717) is 11.3 Å². The molecule has 4 rings (SSSR count). The van der Waals surface area contributed by atoms with E-state index in [1.807, 2.05) is 24.3 Å². The summed E-state index contributed by atoms with van der Waals surface area (Å²) in [7, 11) is 0. The largest absolute Gasteiger partial charge is 0.508 e. The zero-order valence-electron chi connectivity index (χ0n) is 14.7. The van der Waals surface area contributed by atoms with Crippen LogP contribution in [0.3, 0.4) is 0 Å². The van der Waals surface area contributed by atoms with Gasteiger partial charge in [0.05, 0.1) is 25.2 Å². The van der Waals surface area contributed by atoms with Crippen LogP contribution in [0, 0.1) is 0 Å². The first-order valence-corrected chi connectivity index (χ1v) is 8.82. The summed E-state index contributed by atoms with van der Waals surface area (Å²) in [6.07, 6.45) is 4.89. The van der Waals surface area contributed by atoms with Gasteiger partial charge >= 0.3 is 0 Å².